The third-order valence-electron chi connectivity index (χ3n) is 4.53. The second-order valence-corrected chi connectivity index (χ2v) is 8.09. The van der Waals surface area contributed by atoms with Crippen molar-refractivity contribution in [1.82, 2.24) is 4.90 Å². The number of thioether (sulfide) groups is 1. The van der Waals surface area contributed by atoms with Crippen molar-refractivity contribution in [1.29, 1.82) is 0 Å². The summed E-state index contributed by atoms with van der Waals surface area (Å²) in [5.74, 6) is 0.245. The molecule has 1 aliphatic rings. The van der Waals surface area contributed by atoms with Gasteiger partial charge in [-0.25, -0.2) is 0 Å². The van der Waals surface area contributed by atoms with Gasteiger partial charge in [-0.2, -0.15) is 0 Å². The molecule has 0 unspecified atom stereocenters. The van der Waals surface area contributed by atoms with Crippen molar-refractivity contribution in [2.45, 2.75) is 26.7 Å². The molecule has 0 atom stereocenters. The van der Waals surface area contributed by atoms with E-state index in [-0.39, 0.29) is 6.54 Å². The van der Waals surface area contributed by atoms with Gasteiger partial charge in [0, 0.05) is 5.69 Å². The summed E-state index contributed by atoms with van der Waals surface area (Å²) in [5, 5.41) is 2.28. The molecule has 1 heterocycles. The van der Waals surface area contributed by atoms with Gasteiger partial charge in [0.15, 0.2) is 0 Å². The lowest BCUT2D eigenvalue weighted by Gasteiger charge is -2.13. The molecule has 0 aliphatic carbocycles. The lowest BCUT2D eigenvalue weighted by atomic mass is 10.0. The second kappa shape index (κ2) is 9.63. The Morgan fingerprint density at radius 3 is 2.37 bits per heavy atom. The van der Waals surface area contributed by atoms with Gasteiger partial charge in [-0.3, -0.25) is 19.3 Å². The Morgan fingerprint density at radius 1 is 1.10 bits per heavy atom. The molecular weight excluding hydrogens is 400 g/mol. The van der Waals surface area contributed by atoms with Crippen LogP contribution in [0.5, 0.6) is 5.75 Å². The zero-order valence-corrected chi connectivity index (χ0v) is 18.0. The average molecular weight is 425 g/mol. The van der Waals surface area contributed by atoms with Gasteiger partial charge in [0.05, 0.1) is 11.5 Å². The number of nitrogens with zero attached hydrogens (tertiary/aromatic N) is 1. The summed E-state index contributed by atoms with van der Waals surface area (Å²) in [4.78, 5) is 38.5. The molecule has 0 radical (unpaired) electrons. The number of nitrogens with one attached hydrogen (secondary N) is 1. The fraction of sp³-hybridized carbons (Fsp3) is 0.261. The van der Waals surface area contributed by atoms with E-state index < -0.39 is 17.1 Å². The molecule has 1 N–H and O–H groups in total. The van der Waals surface area contributed by atoms with Crippen LogP contribution >= 0.6 is 11.8 Å². The smallest absolute Gasteiger partial charge is 0.294 e. The van der Waals surface area contributed by atoms with E-state index >= 15 is 0 Å². The number of carbonyl (C=O) groups is 3. The topological polar surface area (TPSA) is 75.7 Å². The van der Waals surface area contributed by atoms with Crippen molar-refractivity contribution in [3.8, 4) is 5.75 Å². The number of imide groups is 1. The molecule has 7 heteroatoms. The Bertz CT molecular complexity index is 966. The van der Waals surface area contributed by atoms with Gasteiger partial charge in [-0.15, -0.1) is 0 Å². The number of carbonyl (C=O) groups excluding carboxylic acids is 3. The molecule has 0 spiro atoms. The highest BCUT2D eigenvalue weighted by Gasteiger charge is 2.36. The number of hydrogen-bond acceptors (Lipinski definition) is 5. The molecule has 3 amide bonds. The van der Waals surface area contributed by atoms with Crippen LogP contribution in [0.15, 0.2) is 53.4 Å². The highest BCUT2D eigenvalue weighted by atomic mass is 32.2. The van der Waals surface area contributed by atoms with Crippen LogP contribution in [-0.2, 0) is 9.59 Å². The minimum atomic E-state index is -0.468. The van der Waals surface area contributed by atoms with Crippen molar-refractivity contribution in [2.24, 2.45) is 0 Å². The van der Waals surface area contributed by atoms with Crippen molar-refractivity contribution in [3.63, 3.8) is 0 Å². The number of anilines is 1. The van der Waals surface area contributed by atoms with E-state index in [1.165, 1.54) is 5.56 Å². The van der Waals surface area contributed by atoms with Crippen LogP contribution in [-0.4, -0.2) is 35.1 Å². The van der Waals surface area contributed by atoms with Gasteiger partial charge in [-0.1, -0.05) is 38.1 Å². The van der Waals surface area contributed by atoms with Crippen LogP contribution in [0.25, 0.3) is 6.08 Å². The van der Waals surface area contributed by atoms with Crippen molar-refractivity contribution < 1.29 is 19.1 Å². The van der Waals surface area contributed by atoms with Gasteiger partial charge in [0.2, 0.25) is 5.91 Å². The van der Waals surface area contributed by atoms with E-state index in [4.69, 9.17) is 4.74 Å². The summed E-state index contributed by atoms with van der Waals surface area (Å²) in [6.45, 7) is 6.34. The van der Waals surface area contributed by atoms with Gasteiger partial charge in [0.25, 0.3) is 11.1 Å². The van der Waals surface area contributed by atoms with Crippen LogP contribution < -0.4 is 10.1 Å². The summed E-state index contributed by atoms with van der Waals surface area (Å²) in [6, 6.07) is 14.7. The fourth-order valence-electron chi connectivity index (χ4n) is 2.91. The highest BCUT2D eigenvalue weighted by molar-refractivity contribution is 8.18. The van der Waals surface area contributed by atoms with Crippen LogP contribution in [0.2, 0.25) is 0 Å². The predicted octanol–water partition coefficient (Wildman–Crippen LogP) is 4.88. The van der Waals surface area contributed by atoms with E-state index in [9.17, 15) is 14.4 Å². The van der Waals surface area contributed by atoms with Crippen molar-refractivity contribution in [2.75, 3.05) is 18.5 Å². The minimum Gasteiger partial charge on any atom is -0.494 e. The number of rotatable bonds is 7. The number of ether oxygens (including phenoxy) is 1. The lowest BCUT2D eigenvalue weighted by Crippen LogP contribution is -2.36. The first-order valence-corrected chi connectivity index (χ1v) is 10.6. The fourth-order valence-corrected chi connectivity index (χ4v) is 3.75. The second-order valence-electron chi connectivity index (χ2n) is 7.09. The van der Waals surface area contributed by atoms with Gasteiger partial charge >= 0.3 is 0 Å². The SMILES string of the molecule is CCOc1ccc(/C=C2/SC(=O)N(CC(=O)Nc3ccc(C(C)C)cc3)C2=O)cc1. The Hall–Kier alpha value is -3.06. The molecule has 1 fully saturated rings. The Balaban J connectivity index is 1.63. The van der Waals surface area contributed by atoms with Gasteiger partial charge in [-0.05, 0) is 66.1 Å². The molecule has 2 aromatic rings. The first kappa shape index (κ1) is 21.6. The molecular formula is C23H24N2O4S. The molecule has 0 aromatic heterocycles. The number of amides is 3. The van der Waals surface area contributed by atoms with Gasteiger partial charge in [0.1, 0.15) is 12.3 Å². The monoisotopic (exact) mass is 424 g/mol. The number of hydrogen-bond donors (Lipinski definition) is 1. The third kappa shape index (κ3) is 5.30. The summed E-state index contributed by atoms with van der Waals surface area (Å²) in [5.41, 5.74) is 2.57. The predicted molar refractivity (Wildman–Crippen MR) is 119 cm³/mol. The maximum atomic E-state index is 12.6. The molecule has 156 valence electrons. The van der Waals surface area contributed by atoms with E-state index in [2.05, 4.69) is 19.2 Å². The summed E-state index contributed by atoms with van der Waals surface area (Å²) < 4.78 is 5.40. The standard InChI is InChI=1S/C23H24N2O4S/c1-4-29-19-11-5-16(6-12-19)13-20-22(27)25(23(28)30-20)14-21(26)24-18-9-7-17(8-10-18)15(2)3/h5-13,15H,4,14H2,1-3H3,(H,24,26)/b20-13+. The molecule has 1 saturated heterocycles. The maximum Gasteiger partial charge on any atom is 0.294 e. The average Bonchev–Trinajstić information content (AvgIpc) is 2.97. The van der Waals surface area contributed by atoms with Crippen molar-refractivity contribution >= 4 is 40.6 Å². The molecule has 1 aliphatic heterocycles. The Morgan fingerprint density at radius 2 is 1.77 bits per heavy atom. The lowest BCUT2D eigenvalue weighted by molar-refractivity contribution is -0.127. The minimum absolute atomic E-state index is 0.290. The summed E-state index contributed by atoms with van der Waals surface area (Å²) in [7, 11) is 0. The van der Waals surface area contributed by atoms with Crippen LogP contribution in [0.3, 0.4) is 0 Å². The van der Waals surface area contributed by atoms with Crippen molar-refractivity contribution in [3.05, 3.63) is 64.6 Å². The maximum absolute atomic E-state index is 12.6. The molecule has 30 heavy (non-hydrogen) atoms. The molecule has 0 saturated carbocycles. The zero-order valence-electron chi connectivity index (χ0n) is 17.2. The normalized spacial score (nSPS) is 15.2. The first-order valence-electron chi connectivity index (χ1n) is 9.75. The van der Waals surface area contributed by atoms with E-state index in [0.29, 0.717) is 23.1 Å². The third-order valence-corrected chi connectivity index (χ3v) is 5.43. The Labute approximate surface area is 180 Å². The van der Waals surface area contributed by atoms with E-state index in [1.807, 2.05) is 43.3 Å². The quantitative estimate of drug-likeness (QED) is 0.641. The molecule has 6 nitrogen and oxygen atoms in total. The summed E-state index contributed by atoms with van der Waals surface area (Å²) in [6.07, 6.45) is 1.64. The zero-order chi connectivity index (χ0) is 21.7. The first-order chi connectivity index (χ1) is 14.4. The summed E-state index contributed by atoms with van der Waals surface area (Å²) >= 11 is 0.832. The largest absolute Gasteiger partial charge is 0.494 e. The Kier molecular flexibility index (Phi) is 6.95. The van der Waals surface area contributed by atoms with Gasteiger partial charge < -0.3 is 10.1 Å². The number of benzene rings is 2. The molecule has 2 aromatic carbocycles. The van der Waals surface area contributed by atoms with Crippen LogP contribution in [0.4, 0.5) is 10.5 Å². The van der Waals surface area contributed by atoms with E-state index in [1.54, 1.807) is 18.2 Å². The highest BCUT2D eigenvalue weighted by Crippen LogP contribution is 2.32. The molecule has 3 rings (SSSR count). The van der Waals surface area contributed by atoms with Crippen LogP contribution in [0, 0.1) is 0 Å². The van der Waals surface area contributed by atoms with Crippen LogP contribution in [0.1, 0.15) is 37.8 Å². The molecule has 0 bridgehead atoms. The van der Waals surface area contributed by atoms with E-state index in [0.717, 1.165) is 28.0 Å².